The predicted molar refractivity (Wildman–Crippen MR) is 127 cm³/mol. The molecule has 2 aromatic carbocycles. The lowest BCUT2D eigenvalue weighted by Crippen LogP contribution is -2.08. The molecule has 0 aliphatic heterocycles. The third-order valence-corrected chi connectivity index (χ3v) is 5.01. The Bertz CT molecular complexity index is 1470. The summed E-state index contributed by atoms with van der Waals surface area (Å²) in [7, 11) is 1.51. The second-order valence-corrected chi connectivity index (χ2v) is 7.68. The maximum absolute atomic E-state index is 14.7. The second kappa shape index (κ2) is 10.0. The number of nitrogens with one attached hydrogen (secondary N) is 3. The summed E-state index contributed by atoms with van der Waals surface area (Å²) in [6, 6.07) is 7.95. The van der Waals surface area contributed by atoms with Gasteiger partial charge in [-0.15, -0.1) is 5.10 Å². The van der Waals surface area contributed by atoms with Gasteiger partial charge in [-0.2, -0.15) is 22.5 Å². The standard InChI is InChI=1S/C24H18F5N7O/c1-3-20(37)31-15-8-9-17(25)18(10-15)32-22-16(13-4-6-14(7-5-13)24(27,28)29)11-30-23(34-22)33-19-12-36(2)35-21(19)26/h3-12H,1H2,2H3,(H,31,37)(H2,30,32,33,34). The maximum Gasteiger partial charge on any atom is 0.416 e. The number of halogens is 5. The normalized spacial score (nSPS) is 11.2. The number of amides is 1. The van der Waals surface area contributed by atoms with E-state index in [1.807, 2.05) is 0 Å². The molecule has 0 saturated carbocycles. The Labute approximate surface area is 206 Å². The van der Waals surface area contributed by atoms with Crippen LogP contribution in [0.15, 0.2) is 67.5 Å². The predicted octanol–water partition coefficient (Wildman–Crippen LogP) is 5.79. The number of anilines is 5. The quantitative estimate of drug-likeness (QED) is 0.213. The van der Waals surface area contributed by atoms with Gasteiger partial charge in [0.25, 0.3) is 5.95 Å². The van der Waals surface area contributed by atoms with Crippen molar-refractivity contribution < 1.29 is 26.7 Å². The number of nitrogens with zero attached hydrogens (tertiary/aromatic N) is 4. The molecule has 4 aromatic rings. The zero-order valence-corrected chi connectivity index (χ0v) is 19.1. The minimum Gasteiger partial charge on any atom is -0.337 e. The average molecular weight is 515 g/mol. The molecule has 37 heavy (non-hydrogen) atoms. The zero-order chi connectivity index (χ0) is 26.7. The Morgan fingerprint density at radius 1 is 1.05 bits per heavy atom. The first-order valence-electron chi connectivity index (χ1n) is 10.5. The van der Waals surface area contributed by atoms with Crippen LogP contribution in [0.5, 0.6) is 0 Å². The molecule has 4 rings (SSSR count). The number of aryl methyl sites for hydroxylation is 1. The van der Waals surface area contributed by atoms with Gasteiger partial charge in [-0.3, -0.25) is 9.48 Å². The molecule has 1 amide bonds. The lowest BCUT2D eigenvalue weighted by atomic mass is 10.1. The van der Waals surface area contributed by atoms with Crippen molar-refractivity contribution in [2.45, 2.75) is 6.18 Å². The van der Waals surface area contributed by atoms with Crippen LogP contribution in [-0.4, -0.2) is 25.7 Å². The monoisotopic (exact) mass is 515 g/mol. The Morgan fingerprint density at radius 3 is 2.41 bits per heavy atom. The highest BCUT2D eigenvalue weighted by atomic mass is 19.4. The first kappa shape index (κ1) is 25.3. The van der Waals surface area contributed by atoms with Gasteiger partial charge >= 0.3 is 6.18 Å². The van der Waals surface area contributed by atoms with Crippen LogP contribution in [0.2, 0.25) is 0 Å². The van der Waals surface area contributed by atoms with E-state index in [0.29, 0.717) is 5.56 Å². The first-order chi connectivity index (χ1) is 17.5. The second-order valence-electron chi connectivity index (χ2n) is 7.68. The van der Waals surface area contributed by atoms with Crippen LogP contribution in [0.1, 0.15) is 5.56 Å². The van der Waals surface area contributed by atoms with Crippen LogP contribution in [0.3, 0.4) is 0 Å². The van der Waals surface area contributed by atoms with Crippen LogP contribution >= 0.6 is 0 Å². The van der Waals surface area contributed by atoms with Crippen LogP contribution in [-0.2, 0) is 18.0 Å². The number of alkyl halides is 3. The van der Waals surface area contributed by atoms with E-state index in [1.165, 1.54) is 48.4 Å². The molecule has 13 heteroatoms. The molecule has 0 unspecified atom stereocenters. The largest absolute Gasteiger partial charge is 0.416 e. The smallest absolute Gasteiger partial charge is 0.337 e. The van der Waals surface area contributed by atoms with Crippen molar-refractivity contribution in [1.82, 2.24) is 19.7 Å². The summed E-state index contributed by atoms with van der Waals surface area (Å²) in [5.41, 5.74) is -0.219. The number of benzene rings is 2. The number of aromatic nitrogens is 4. The van der Waals surface area contributed by atoms with Crippen LogP contribution in [0, 0.1) is 11.8 Å². The van der Waals surface area contributed by atoms with E-state index < -0.39 is 29.4 Å². The van der Waals surface area contributed by atoms with Crippen LogP contribution in [0.4, 0.5) is 50.8 Å². The van der Waals surface area contributed by atoms with Gasteiger partial charge < -0.3 is 16.0 Å². The number of rotatable bonds is 7. The highest BCUT2D eigenvalue weighted by Gasteiger charge is 2.30. The third-order valence-electron chi connectivity index (χ3n) is 5.01. The average Bonchev–Trinajstić information content (AvgIpc) is 3.17. The van der Waals surface area contributed by atoms with E-state index in [2.05, 4.69) is 37.6 Å². The van der Waals surface area contributed by atoms with Gasteiger partial charge in [0.05, 0.1) is 17.4 Å². The molecule has 0 saturated heterocycles. The SMILES string of the molecule is C=CC(=O)Nc1ccc(F)c(Nc2nc(Nc3cn(C)nc3F)ncc2-c2ccc(C(F)(F)F)cc2)c1. The highest BCUT2D eigenvalue weighted by Crippen LogP contribution is 2.34. The third kappa shape index (κ3) is 5.89. The molecule has 190 valence electrons. The summed E-state index contributed by atoms with van der Waals surface area (Å²) in [4.78, 5) is 20.0. The van der Waals surface area contributed by atoms with Crippen LogP contribution in [0.25, 0.3) is 11.1 Å². The van der Waals surface area contributed by atoms with Crippen molar-refractivity contribution in [3.05, 3.63) is 84.8 Å². The molecule has 0 bridgehead atoms. The van der Waals surface area contributed by atoms with E-state index in [-0.39, 0.29) is 34.4 Å². The van der Waals surface area contributed by atoms with Crippen molar-refractivity contribution in [2.24, 2.45) is 7.05 Å². The van der Waals surface area contributed by atoms with Crippen LogP contribution < -0.4 is 16.0 Å². The Balaban J connectivity index is 1.75. The molecule has 8 nitrogen and oxygen atoms in total. The Morgan fingerprint density at radius 2 is 1.78 bits per heavy atom. The minimum atomic E-state index is -4.53. The molecule has 3 N–H and O–H groups in total. The van der Waals surface area contributed by atoms with Gasteiger partial charge in [-0.05, 0) is 42.0 Å². The molecule has 2 aromatic heterocycles. The van der Waals surface area contributed by atoms with Gasteiger partial charge in [0.2, 0.25) is 11.9 Å². The number of hydrogen-bond acceptors (Lipinski definition) is 6. The molecule has 0 fully saturated rings. The van der Waals surface area contributed by atoms with E-state index >= 15 is 0 Å². The van der Waals surface area contributed by atoms with Gasteiger partial charge in [-0.25, -0.2) is 9.37 Å². The van der Waals surface area contributed by atoms with Crippen molar-refractivity contribution >= 4 is 34.7 Å². The van der Waals surface area contributed by atoms with Gasteiger partial charge in [0.1, 0.15) is 17.3 Å². The van der Waals surface area contributed by atoms with Crippen molar-refractivity contribution in [2.75, 3.05) is 16.0 Å². The summed E-state index contributed by atoms with van der Waals surface area (Å²) in [5.74, 6) is -2.14. The first-order valence-corrected chi connectivity index (χ1v) is 10.5. The summed E-state index contributed by atoms with van der Waals surface area (Å²) < 4.78 is 69.0. The minimum absolute atomic E-state index is 0.00680. The fourth-order valence-corrected chi connectivity index (χ4v) is 3.27. The fourth-order valence-electron chi connectivity index (χ4n) is 3.27. The van der Waals surface area contributed by atoms with Crippen molar-refractivity contribution in [1.29, 1.82) is 0 Å². The van der Waals surface area contributed by atoms with E-state index in [4.69, 9.17) is 0 Å². The molecular formula is C24H18F5N7O. The zero-order valence-electron chi connectivity index (χ0n) is 19.1. The molecule has 0 aliphatic rings. The topological polar surface area (TPSA) is 96.8 Å². The summed E-state index contributed by atoms with van der Waals surface area (Å²) in [5, 5.41) is 11.5. The molecule has 0 radical (unpaired) electrons. The Hall–Kier alpha value is -4.81. The lowest BCUT2D eigenvalue weighted by molar-refractivity contribution is -0.137. The van der Waals surface area contributed by atoms with Gasteiger partial charge in [-0.1, -0.05) is 18.7 Å². The number of hydrogen-bond donors (Lipinski definition) is 3. The number of carbonyl (C=O) groups is 1. The maximum atomic E-state index is 14.7. The van der Waals surface area contributed by atoms with Crippen molar-refractivity contribution in [3.8, 4) is 11.1 Å². The summed E-state index contributed by atoms with van der Waals surface area (Å²) in [6.45, 7) is 3.35. The summed E-state index contributed by atoms with van der Waals surface area (Å²) >= 11 is 0. The highest BCUT2D eigenvalue weighted by molar-refractivity contribution is 5.99. The van der Waals surface area contributed by atoms with Crippen molar-refractivity contribution in [3.63, 3.8) is 0 Å². The van der Waals surface area contributed by atoms with E-state index in [0.717, 1.165) is 24.3 Å². The molecule has 0 aliphatic carbocycles. The number of carbonyl (C=O) groups excluding carboxylic acids is 1. The van der Waals surface area contributed by atoms with E-state index in [9.17, 15) is 26.7 Å². The molecule has 0 spiro atoms. The fraction of sp³-hybridized carbons (Fsp3) is 0.0833. The van der Waals surface area contributed by atoms with E-state index in [1.54, 1.807) is 0 Å². The Kier molecular flexibility index (Phi) is 6.87. The molecular weight excluding hydrogens is 497 g/mol. The lowest BCUT2D eigenvalue weighted by Gasteiger charge is -2.15. The molecule has 0 atom stereocenters. The summed E-state index contributed by atoms with van der Waals surface area (Å²) in [6.07, 6.45) is -0.854. The van der Waals surface area contributed by atoms with Gasteiger partial charge in [0, 0.05) is 24.5 Å². The molecule has 2 heterocycles. The van der Waals surface area contributed by atoms with Gasteiger partial charge in [0.15, 0.2) is 0 Å².